The van der Waals surface area contributed by atoms with Crippen LogP contribution >= 0.6 is 15.9 Å². The van der Waals surface area contributed by atoms with E-state index in [-0.39, 0.29) is 16.2 Å². The molecule has 1 saturated carbocycles. The molecule has 0 aromatic heterocycles. The van der Waals surface area contributed by atoms with Crippen LogP contribution in [0, 0.1) is 17.8 Å². The SMILES string of the molecule is CCCCCC(C=CC1C(O[Si](C)(C)C(C)(C)C)CC2C=C(CBr)CC21)O[Si](C)(C)C(C)(C)C. The summed E-state index contributed by atoms with van der Waals surface area (Å²) in [6.07, 6.45) is 15.4. The van der Waals surface area contributed by atoms with Gasteiger partial charge in [0.1, 0.15) is 0 Å². The third-order valence-electron chi connectivity index (χ3n) is 9.24. The van der Waals surface area contributed by atoms with Crippen LogP contribution < -0.4 is 0 Å². The Kier molecular flexibility index (Phi) is 10.6. The Morgan fingerprint density at radius 3 is 2.18 bits per heavy atom. The molecule has 2 nitrogen and oxygen atoms in total. The number of fused-ring (bicyclic) bond motifs is 1. The third-order valence-corrected chi connectivity index (χ3v) is 19.0. The second-order valence-corrected chi connectivity index (χ2v) is 24.1. The number of hydrogen-bond acceptors (Lipinski definition) is 2. The second kappa shape index (κ2) is 11.8. The maximum Gasteiger partial charge on any atom is 0.192 e. The van der Waals surface area contributed by atoms with Gasteiger partial charge in [-0.3, -0.25) is 0 Å². The molecular weight excluding hydrogens is 516 g/mol. The van der Waals surface area contributed by atoms with Crippen LogP contribution in [-0.4, -0.2) is 34.2 Å². The molecular formula is C29H55BrO2Si2. The smallest absolute Gasteiger partial charge is 0.192 e. The van der Waals surface area contributed by atoms with E-state index in [1.807, 2.05) is 0 Å². The first-order chi connectivity index (χ1) is 15.5. The zero-order chi connectivity index (χ0) is 25.9. The Hall–Kier alpha value is 0.314. The lowest BCUT2D eigenvalue weighted by molar-refractivity contribution is 0.147. The molecule has 0 heterocycles. The Morgan fingerprint density at radius 1 is 1.03 bits per heavy atom. The Morgan fingerprint density at radius 2 is 1.65 bits per heavy atom. The predicted octanol–water partition coefficient (Wildman–Crippen LogP) is 9.88. The highest BCUT2D eigenvalue weighted by Gasteiger charge is 2.48. The van der Waals surface area contributed by atoms with Gasteiger partial charge >= 0.3 is 0 Å². The molecule has 5 unspecified atom stereocenters. The summed E-state index contributed by atoms with van der Waals surface area (Å²) in [5.74, 6) is 1.84. The van der Waals surface area contributed by atoms with Gasteiger partial charge < -0.3 is 8.85 Å². The Bertz CT molecular complexity index is 715. The summed E-state index contributed by atoms with van der Waals surface area (Å²) in [7, 11) is -3.64. The molecule has 0 amide bonds. The zero-order valence-corrected chi connectivity index (χ0v) is 27.8. The van der Waals surface area contributed by atoms with E-state index in [4.69, 9.17) is 8.85 Å². The molecule has 0 aromatic rings. The van der Waals surface area contributed by atoms with Gasteiger partial charge in [-0.05, 0) is 67.4 Å². The minimum atomic E-state index is -1.82. The van der Waals surface area contributed by atoms with Gasteiger partial charge in [0, 0.05) is 11.2 Å². The van der Waals surface area contributed by atoms with Crippen molar-refractivity contribution in [2.24, 2.45) is 17.8 Å². The number of unbranched alkanes of at least 4 members (excludes halogenated alkanes) is 2. The fourth-order valence-corrected chi connectivity index (χ4v) is 8.05. The van der Waals surface area contributed by atoms with Crippen molar-refractivity contribution in [3.63, 3.8) is 0 Å². The molecule has 0 N–H and O–H groups in total. The van der Waals surface area contributed by atoms with Crippen molar-refractivity contribution < 1.29 is 8.85 Å². The first-order valence-corrected chi connectivity index (χ1v) is 20.8. The van der Waals surface area contributed by atoms with Crippen LogP contribution in [0.1, 0.15) is 87.0 Å². The molecule has 5 atom stereocenters. The van der Waals surface area contributed by atoms with Crippen molar-refractivity contribution in [2.75, 3.05) is 5.33 Å². The molecule has 0 radical (unpaired) electrons. The highest BCUT2D eigenvalue weighted by molar-refractivity contribution is 9.09. The number of halogens is 1. The van der Waals surface area contributed by atoms with Gasteiger partial charge in [-0.1, -0.05) is 107 Å². The van der Waals surface area contributed by atoms with Gasteiger partial charge in [0.15, 0.2) is 16.6 Å². The van der Waals surface area contributed by atoms with E-state index in [0.29, 0.717) is 23.9 Å². The van der Waals surface area contributed by atoms with Gasteiger partial charge in [0.05, 0.1) is 12.2 Å². The summed E-state index contributed by atoms with van der Waals surface area (Å²) in [6, 6.07) is 0. The third kappa shape index (κ3) is 7.66. The van der Waals surface area contributed by atoms with Crippen LogP contribution in [0.3, 0.4) is 0 Å². The van der Waals surface area contributed by atoms with Gasteiger partial charge in [-0.25, -0.2) is 0 Å². The zero-order valence-electron chi connectivity index (χ0n) is 24.3. The molecule has 0 saturated heterocycles. The summed E-state index contributed by atoms with van der Waals surface area (Å²) in [6.45, 7) is 26.0. The number of alkyl halides is 1. The first kappa shape index (κ1) is 30.5. The number of rotatable bonds is 11. The van der Waals surface area contributed by atoms with Gasteiger partial charge in [-0.2, -0.15) is 0 Å². The van der Waals surface area contributed by atoms with Crippen LogP contribution in [0.15, 0.2) is 23.8 Å². The van der Waals surface area contributed by atoms with Crippen molar-refractivity contribution >= 4 is 32.6 Å². The lowest BCUT2D eigenvalue weighted by atomic mass is 9.89. The largest absolute Gasteiger partial charge is 0.413 e. The molecule has 0 aliphatic heterocycles. The van der Waals surface area contributed by atoms with E-state index in [9.17, 15) is 0 Å². The van der Waals surface area contributed by atoms with Gasteiger partial charge in [0.2, 0.25) is 0 Å². The molecule has 5 heteroatoms. The summed E-state index contributed by atoms with van der Waals surface area (Å²) < 4.78 is 14.0. The maximum atomic E-state index is 7.08. The predicted molar refractivity (Wildman–Crippen MR) is 159 cm³/mol. The normalized spacial score (nSPS) is 27.4. The molecule has 0 bridgehead atoms. The van der Waals surface area contributed by atoms with E-state index in [0.717, 1.165) is 11.8 Å². The standard InChI is InChI=1S/C29H55BrO2Si2/c1-12-13-14-15-24(31-33(8,9)28(2,3)4)16-17-25-26-19-22(21-30)18-23(26)20-27(25)32-34(10,11)29(5,6)7/h16-18,23-27H,12-15,19-21H2,1-11H3. The monoisotopic (exact) mass is 570 g/mol. The maximum absolute atomic E-state index is 7.08. The first-order valence-electron chi connectivity index (χ1n) is 13.8. The van der Waals surface area contributed by atoms with Crippen LogP contribution in [-0.2, 0) is 8.85 Å². The van der Waals surface area contributed by atoms with Crippen molar-refractivity contribution in [3.05, 3.63) is 23.8 Å². The van der Waals surface area contributed by atoms with Gasteiger partial charge in [0.25, 0.3) is 0 Å². The van der Waals surface area contributed by atoms with Gasteiger partial charge in [-0.15, -0.1) is 0 Å². The fourth-order valence-electron chi connectivity index (χ4n) is 4.96. The molecule has 0 aromatic carbocycles. The number of allylic oxidation sites excluding steroid dienone is 2. The molecule has 2 aliphatic carbocycles. The van der Waals surface area contributed by atoms with Crippen LogP contribution in [0.5, 0.6) is 0 Å². The van der Waals surface area contributed by atoms with E-state index < -0.39 is 16.6 Å². The van der Waals surface area contributed by atoms with Crippen LogP contribution in [0.25, 0.3) is 0 Å². The summed E-state index contributed by atoms with van der Waals surface area (Å²) in [4.78, 5) is 0. The average molecular weight is 572 g/mol. The fraction of sp³-hybridized carbons (Fsp3) is 0.862. The topological polar surface area (TPSA) is 18.5 Å². The highest BCUT2D eigenvalue weighted by Crippen LogP contribution is 2.51. The Balaban J connectivity index is 2.28. The lowest BCUT2D eigenvalue weighted by Gasteiger charge is -2.40. The quantitative estimate of drug-likeness (QED) is 0.106. The minimum absolute atomic E-state index is 0.227. The molecule has 2 rings (SSSR count). The van der Waals surface area contributed by atoms with E-state index in [1.165, 1.54) is 32.1 Å². The van der Waals surface area contributed by atoms with E-state index >= 15 is 0 Å². The minimum Gasteiger partial charge on any atom is -0.413 e. The Labute approximate surface area is 223 Å². The van der Waals surface area contributed by atoms with Crippen LogP contribution in [0.2, 0.25) is 36.3 Å². The second-order valence-electron chi connectivity index (χ2n) is 14.0. The summed E-state index contributed by atoms with van der Waals surface area (Å²) in [5.41, 5.74) is 1.58. The molecule has 0 spiro atoms. The molecule has 2 aliphatic rings. The number of hydrogen-bond donors (Lipinski definition) is 0. The molecule has 34 heavy (non-hydrogen) atoms. The van der Waals surface area contributed by atoms with Crippen molar-refractivity contribution in [1.29, 1.82) is 0 Å². The molecule has 1 fully saturated rings. The summed E-state index contributed by atoms with van der Waals surface area (Å²) in [5, 5.41) is 1.48. The van der Waals surface area contributed by atoms with Crippen LogP contribution in [0.4, 0.5) is 0 Å². The molecule has 198 valence electrons. The van der Waals surface area contributed by atoms with Crippen molar-refractivity contribution in [1.82, 2.24) is 0 Å². The summed E-state index contributed by atoms with van der Waals surface area (Å²) >= 11 is 3.72. The van der Waals surface area contributed by atoms with Crippen molar-refractivity contribution in [3.8, 4) is 0 Å². The highest BCUT2D eigenvalue weighted by atomic mass is 79.9. The van der Waals surface area contributed by atoms with Crippen molar-refractivity contribution in [2.45, 2.75) is 135 Å². The van der Waals surface area contributed by atoms with E-state index in [1.54, 1.807) is 5.57 Å². The van der Waals surface area contributed by atoms with E-state index in [2.05, 4.69) is 109 Å². The average Bonchev–Trinajstić information content (AvgIpc) is 3.21. The lowest BCUT2D eigenvalue weighted by Crippen LogP contribution is -2.45.